The lowest BCUT2D eigenvalue weighted by molar-refractivity contribution is -0.192. The molecule has 0 aliphatic carbocycles. The van der Waals surface area contributed by atoms with Crippen molar-refractivity contribution >= 4 is 50.8 Å². The largest absolute Gasteiger partial charge is 0.490 e. The number of hydrogen-bond donors (Lipinski definition) is 3. The molecule has 31 heavy (non-hydrogen) atoms. The first-order valence-electron chi connectivity index (χ1n) is 8.39. The van der Waals surface area contributed by atoms with E-state index >= 15 is 0 Å². The van der Waals surface area contributed by atoms with Gasteiger partial charge in [-0.25, -0.2) is 9.18 Å². The highest BCUT2D eigenvalue weighted by atomic mass is 33.1. The molecule has 0 atom stereocenters. The number of rotatable bonds is 9. The molecular weight excluding hydrogens is 482 g/mol. The Morgan fingerprint density at radius 1 is 1.00 bits per heavy atom. The van der Waals surface area contributed by atoms with Gasteiger partial charge in [0.25, 0.3) is 5.91 Å². The minimum Gasteiger partial charge on any atom is -0.481 e. The van der Waals surface area contributed by atoms with Crippen molar-refractivity contribution in [2.75, 3.05) is 18.1 Å². The van der Waals surface area contributed by atoms with Crippen molar-refractivity contribution in [1.82, 2.24) is 5.32 Å². The maximum absolute atomic E-state index is 12.9. The van der Waals surface area contributed by atoms with Gasteiger partial charge in [0.05, 0.1) is 11.3 Å². The minimum absolute atomic E-state index is 0.135. The summed E-state index contributed by atoms with van der Waals surface area (Å²) in [5.74, 6) is -2.71. The molecule has 0 fully saturated rings. The molecule has 6 nitrogen and oxygen atoms in total. The first-order valence-corrected chi connectivity index (χ1v) is 11.8. The number of benzene rings is 1. The fourth-order valence-electron chi connectivity index (χ4n) is 1.79. The predicted molar refractivity (Wildman–Crippen MR) is 113 cm³/mol. The Labute approximate surface area is 186 Å². The number of carbonyl (C=O) groups is 3. The molecule has 0 aliphatic heterocycles. The average Bonchev–Trinajstić information content (AvgIpc) is 3.17. The van der Waals surface area contributed by atoms with Crippen molar-refractivity contribution in [3.8, 4) is 11.1 Å². The fraction of sp³-hybridized carbons (Fsp3) is 0.278. The zero-order valence-electron chi connectivity index (χ0n) is 15.6. The lowest BCUT2D eigenvalue weighted by Crippen LogP contribution is -2.24. The highest BCUT2D eigenvalue weighted by molar-refractivity contribution is 8.76. The summed E-state index contributed by atoms with van der Waals surface area (Å²) in [6.07, 6.45) is -4.94. The van der Waals surface area contributed by atoms with Crippen LogP contribution in [0.25, 0.3) is 11.1 Å². The second-order valence-corrected chi connectivity index (χ2v) is 9.17. The maximum atomic E-state index is 12.9. The van der Waals surface area contributed by atoms with Crippen LogP contribution >= 0.6 is 32.9 Å². The smallest absolute Gasteiger partial charge is 0.481 e. The van der Waals surface area contributed by atoms with E-state index in [-0.39, 0.29) is 18.1 Å². The van der Waals surface area contributed by atoms with E-state index in [4.69, 9.17) is 15.0 Å². The lowest BCUT2D eigenvalue weighted by atomic mass is 10.1. The zero-order chi connectivity index (χ0) is 23.4. The Morgan fingerprint density at radius 3 is 2.13 bits per heavy atom. The molecule has 170 valence electrons. The molecule has 1 aromatic heterocycles. The van der Waals surface area contributed by atoms with Crippen LogP contribution in [-0.2, 0) is 9.59 Å². The standard InChI is InChI=1S/C16H16FNO3S3.C2HF3O2/c17-13-3-1-11(2-4-13)12-9-14(22-10-12)16(21)18-6-8-24-23-7-5-15(19)20;3-2(4,5)1(6)7/h1-4,9-10H,5-8H2,(H,18,21)(H,19,20);(H,6,7). The molecule has 1 aromatic carbocycles. The number of amides is 1. The quantitative estimate of drug-likeness (QED) is 0.259. The van der Waals surface area contributed by atoms with E-state index in [0.717, 1.165) is 11.1 Å². The highest BCUT2D eigenvalue weighted by Crippen LogP contribution is 2.26. The summed E-state index contributed by atoms with van der Waals surface area (Å²) in [5, 5.41) is 20.3. The number of halogens is 4. The molecule has 2 aromatic rings. The number of alkyl halides is 3. The first kappa shape index (κ1) is 26.8. The Morgan fingerprint density at radius 2 is 1.58 bits per heavy atom. The predicted octanol–water partition coefficient (Wildman–Crippen LogP) is 4.77. The summed E-state index contributed by atoms with van der Waals surface area (Å²) >= 11 is 1.35. The molecular formula is C18H17F4NO5S3. The van der Waals surface area contributed by atoms with Crippen LogP contribution in [0.4, 0.5) is 17.6 Å². The topological polar surface area (TPSA) is 104 Å². The van der Waals surface area contributed by atoms with Crippen molar-refractivity contribution in [2.45, 2.75) is 12.6 Å². The lowest BCUT2D eigenvalue weighted by Gasteiger charge is -2.03. The van der Waals surface area contributed by atoms with E-state index in [1.54, 1.807) is 29.0 Å². The normalized spacial score (nSPS) is 10.7. The molecule has 2 rings (SSSR count). The van der Waals surface area contributed by atoms with Crippen LogP contribution in [0.5, 0.6) is 0 Å². The summed E-state index contributed by atoms with van der Waals surface area (Å²) < 4.78 is 44.7. The molecule has 0 saturated carbocycles. The number of carboxylic acids is 2. The van der Waals surface area contributed by atoms with Crippen LogP contribution in [0, 0.1) is 5.82 Å². The molecule has 0 unspecified atom stereocenters. The van der Waals surface area contributed by atoms with Gasteiger partial charge < -0.3 is 15.5 Å². The number of carboxylic acid groups (broad SMARTS) is 2. The molecule has 0 aliphatic rings. The monoisotopic (exact) mass is 499 g/mol. The van der Waals surface area contributed by atoms with E-state index in [1.807, 2.05) is 5.38 Å². The number of thiophene rings is 1. The van der Waals surface area contributed by atoms with Gasteiger partial charge in [-0.3, -0.25) is 9.59 Å². The molecule has 13 heteroatoms. The van der Waals surface area contributed by atoms with Crippen LogP contribution in [0.2, 0.25) is 0 Å². The molecule has 1 heterocycles. The minimum atomic E-state index is -5.08. The van der Waals surface area contributed by atoms with Crippen molar-refractivity contribution < 1.29 is 42.2 Å². The van der Waals surface area contributed by atoms with Gasteiger partial charge in [-0.1, -0.05) is 33.7 Å². The van der Waals surface area contributed by atoms with Crippen molar-refractivity contribution in [2.24, 2.45) is 0 Å². The SMILES string of the molecule is O=C(O)C(F)(F)F.O=C(O)CCSSCCNC(=O)c1cc(-c2ccc(F)cc2)cs1. The van der Waals surface area contributed by atoms with Gasteiger partial charge in [-0.15, -0.1) is 11.3 Å². The Kier molecular flexibility index (Phi) is 11.4. The molecule has 0 bridgehead atoms. The summed E-state index contributed by atoms with van der Waals surface area (Å²) in [6.45, 7) is 0.521. The van der Waals surface area contributed by atoms with Gasteiger partial charge in [0.1, 0.15) is 5.82 Å². The first-order chi connectivity index (χ1) is 14.5. The van der Waals surface area contributed by atoms with Gasteiger partial charge in [-0.05, 0) is 34.7 Å². The van der Waals surface area contributed by atoms with Gasteiger partial charge in [0, 0.05) is 18.1 Å². The van der Waals surface area contributed by atoms with E-state index < -0.39 is 18.1 Å². The van der Waals surface area contributed by atoms with E-state index in [9.17, 15) is 27.2 Å². The third-order valence-corrected chi connectivity index (χ3v) is 6.53. The van der Waals surface area contributed by atoms with E-state index in [2.05, 4.69) is 5.32 Å². The third-order valence-electron chi connectivity index (χ3n) is 3.20. The zero-order valence-corrected chi connectivity index (χ0v) is 18.1. The Hall–Kier alpha value is -2.25. The van der Waals surface area contributed by atoms with Crippen LogP contribution in [0.1, 0.15) is 16.1 Å². The summed E-state index contributed by atoms with van der Waals surface area (Å²) in [6, 6.07) is 7.95. The average molecular weight is 500 g/mol. The molecule has 0 saturated heterocycles. The van der Waals surface area contributed by atoms with E-state index in [1.165, 1.54) is 34.3 Å². The highest BCUT2D eigenvalue weighted by Gasteiger charge is 2.38. The number of aliphatic carboxylic acids is 2. The molecule has 0 spiro atoms. The molecule has 3 N–H and O–H groups in total. The number of carbonyl (C=O) groups excluding carboxylic acids is 1. The number of nitrogens with one attached hydrogen (secondary N) is 1. The van der Waals surface area contributed by atoms with Crippen molar-refractivity contribution in [1.29, 1.82) is 0 Å². The van der Waals surface area contributed by atoms with Crippen molar-refractivity contribution in [3.63, 3.8) is 0 Å². The second-order valence-electron chi connectivity index (χ2n) is 5.55. The maximum Gasteiger partial charge on any atom is 0.490 e. The van der Waals surface area contributed by atoms with Crippen LogP contribution in [-0.4, -0.2) is 52.3 Å². The third kappa shape index (κ3) is 11.1. The van der Waals surface area contributed by atoms with Gasteiger partial charge in [-0.2, -0.15) is 13.2 Å². The van der Waals surface area contributed by atoms with Gasteiger partial charge in [0.15, 0.2) is 0 Å². The van der Waals surface area contributed by atoms with Gasteiger partial charge >= 0.3 is 18.1 Å². The Bertz CT molecular complexity index is 872. The number of hydrogen-bond acceptors (Lipinski definition) is 6. The summed E-state index contributed by atoms with van der Waals surface area (Å²) in [7, 11) is 3.03. The Balaban J connectivity index is 0.000000592. The molecule has 1 amide bonds. The van der Waals surface area contributed by atoms with Crippen molar-refractivity contribution in [3.05, 3.63) is 46.4 Å². The van der Waals surface area contributed by atoms with Crippen LogP contribution in [0.3, 0.4) is 0 Å². The molecule has 0 radical (unpaired) electrons. The van der Waals surface area contributed by atoms with Crippen LogP contribution < -0.4 is 5.32 Å². The van der Waals surface area contributed by atoms with Crippen LogP contribution in [0.15, 0.2) is 35.7 Å². The summed E-state index contributed by atoms with van der Waals surface area (Å²) in [4.78, 5) is 31.9. The fourth-order valence-corrected chi connectivity index (χ4v) is 4.51. The summed E-state index contributed by atoms with van der Waals surface area (Å²) in [5.41, 5.74) is 1.76. The second kappa shape index (κ2) is 13.2. The van der Waals surface area contributed by atoms with Gasteiger partial charge in [0.2, 0.25) is 0 Å². The van der Waals surface area contributed by atoms with E-state index in [0.29, 0.717) is 22.9 Å².